The summed E-state index contributed by atoms with van der Waals surface area (Å²) in [5.74, 6) is -0.957. The van der Waals surface area contributed by atoms with Crippen LogP contribution in [0.25, 0.3) is 44.3 Å². The Hall–Kier alpha value is -3.92. The van der Waals surface area contributed by atoms with Gasteiger partial charge in [0.2, 0.25) is 0 Å². The fraction of sp³-hybridized carbons (Fsp3) is 0. The Labute approximate surface area is 161 Å². The molecule has 4 heteroatoms. The predicted molar refractivity (Wildman–Crippen MR) is 111 cm³/mol. The van der Waals surface area contributed by atoms with Crippen LogP contribution in [0.5, 0.6) is 0 Å². The van der Waals surface area contributed by atoms with E-state index in [1.165, 1.54) is 0 Å². The molecule has 0 aliphatic rings. The molecular weight excluding hydrogens is 348 g/mol. The molecule has 0 atom stereocenters. The van der Waals surface area contributed by atoms with E-state index >= 15 is 0 Å². The first-order valence-corrected chi connectivity index (χ1v) is 9.02. The lowest BCUT2D eigenvalue weighted by Gasteiger charge is -2.09. The number of aromatic amines is 1. The van der Waals surface area contributed by atoms with E-state index in [9.17, 15) is 9.90 Å². The topological polar surface area (TPSA) is 66.0 Å². The highest BCUT2D eigenvalue weighted by Gasteiger charge is 2.19. The number of H-pyrrole nitrogens is 1. The van der Waals surface area contributed by atoms with Gasteiger partial charge in [0.25, 0.3) is 0 Å². The van der Waals surface area contributed by atoms with Gasteiger partial charge in [-0.15, -0.1) is 0 Å². The largest absolute Gasteiger partial charge is 0.478 e. The summed E-state index contributed by atoms with van der Waals surface area (Å²) >= 11 is 0. The van der Waals surface area contributed by atoms with Crippen molar-refractivity contribution in [2.24, 2.45) is 0 Å². The number of pyridine rings is 1. The van der Waals surface area contributed by atoms with E-state index in [1.807, 2.05) is 72.8 Å². The number of aromatic nitrogens is 2. The summed E-state index contributed by atoms with van der Waals surface area (Å²) in [4.78, 5) is 20.2. The van der Waals surface area contributed by atoms with Crippen LogP contribution in [0.2, 0.25) is 0 Å². The van der Waals surface area contributed by atoms with Crippen LogP contribution >= 0.6 is 0 Å². The average Bonchev–Trinajstić information content (AvgIpc) is 3.13. The van der Waals surface area contributed by atoms with Crippen molar-refractivity contribution >= 4 is 27.8 Å². The van der Waals surface area contributed by atoms with E-state index in [0.717, 1.165) is 27.7 Å². The van der Waals surface area contributed by atoms with Gasteiger partial charge < -0.3 is 10.1 Å². The van der Waals surface area contributed by atoms with Crippen LogP contribution in [0.4, 0.5) is 0 Å². The molecule has 5 aromatic rings. The number of nitrogens with zero attached hydrogens (tertiary/aromatic N) is 1. The molecule has 0 unspecified atom stereocenters. The number of hydrogen-bond donors (Lipinski definition) is 2. The highest BCUT2D eigenvalue weighted by Crippen LogP contribution is 2.38. The van der Waals surface area contributed by atoms with Crippen molar-refractivity contribution in [1.29, 1.82) is 0 Å². The van der Waals surface area contributed by atoms with E-state index in [0.29, 0.717) is 16.6 Å². The van der Waals surface area contributed by atoms with Gasteiger partial charge in [0.15, 0.2) is 0 Å². The molecule has 0 aliphatic heterocycles. The van der Waals surface area contributed by atoms with Crippen molar-refractivity contribution in [3.8, 4) is 22.5 Å². The standard InChI is InChI=1S/C24H16N2O2/c27-24(28)18-14-21(25-19-12-6-4-10-16(18)19)22-17-11-5-7-13-20(17)26-23(22)15-8-2-1-3-9-15/h1-14,26H,(H,27,28). The van der Waals surface area contributed by atoms with E-state index in [1.54, 1.807) is 12.1 Å². The number of carboxylic acids is 1. The van der Waals surface area contributed by atoms with E-state index in [2.05, 4.69) is 4.98 Å². The van der Waals surface area contributed by atoms with Crippen LogP contribution in [0.15, 0.2) is 84.9 Å². The molecule has 0 amide bonds. The molecule has 28 heavy (non-hydrogen) atoms. The fourth-order valence-corrected chi connectivity index (χ4v) is 3.71. The Morgan fingerprint density at radius 1 is 0.821 bits per heavy atom. The SMILES string of the molecule is O=C(O)c1cc(-c2c(-c3ccccc3)[nH]c3ccccc23)nc2ccccc12. The smallest absolute Gasteiger partial charge is 0.336 e. The Morgan fingerprint density at radius 2 is 1.50 bits per heavy atom. The molecule has 2 heterocycles. The summed E-state index contributed by atoms with van der Waals surface area (Å²) in [6, 6.07) is 27.1. The zero-order valence-electron chi connectivity index (χ0n) is 14.9. The minimum absolute atomic E-state index is 0.255. The monoisotopic (exact) mass is 364 g/mol. The van der Waals surface area contributed by atoms with Gasteiger partial charge in [0, 0.05) is 21.9 Å². The molecule has 0 fully saturated rings. The number of carboxylic acid groups (broad SMARTS) is 1. The summed E-state index contributed by atoms with van der Waals surface area (Å²) in [6.07, 6.45) is 0. The number of rotatable bonds is 3. The molecule has 0 saturated carbocycles. The Kier molecular flexibility index (Phi) is 3.69. The summed E-state index contributed by atoms with van der Waals surface area (Å²) in [5, 5.41) is 11.4. The van der Waals surface area contributed by atoms with Gasteiger partial charge in [-0.25, -0.2) is 9.78 Å². The zero-order valence-corrected chi connectivity index (χ0v) is 14.9. The Bertz CT molecular complexity index is 1340. The summed E-state index contributed by atoms with van der Waals surface area (Å²) < 4.78 is 0. The maximum absolute atomic E-state index is 11.9. The van der Waals surface area contributed by atoms with Crippen LogP contribution in [-0.2, 0) is 0 Å². The maximum atomic E-state index is 11.9. The lowest BCUT2D eigenvalue weighted by atomic mass is 9.99. The van der Waals surface area contributed by atoms with Crippen LogP contribution in [0.1, 0.15) is 10.4 Å². The third-order valence-electron chi connectivity index (χ3n) is 4.97. The normalized spacial score (nSPS) is 11.1. The molecule has 2 N–H and O–H groups in total. The minimum Gasteiger partial charge on any atom is -0.478 e. The summed E-state index contributed by atoms with van der Waals surface area (Å²) in [6.45, 7) is 0. The van der Waals surface area contributed by atoms with Crippen molar-refractivity contribution in [3.63, 3.8) is 0 Å². The van der Waals surface area contributed by atoms with Crippen LogP contribution in [0, 0.1) is 0 Å². The molecule has 3 aromatic carbocycles. The average molecular weight is 364 g/mol. The molecule has 0 saturated heterocycles. The lowest BCUT2D eigenvalue weighted by molar-refractivity contribution is 0.0699. The summed E-state index contributed by atoms with van der Waals surface area (Å²) in [5.41, 5.74) is 5.43. The van der Waals surface area contributed by atoms with E-state index in [4.69, 9.17) is 4.98 Å². The van der Waals surface area contributed by atoms with Gasteiger partial charge in [0.1, 0.15) is 0 Å². The third kappa shape index (κ3) is 2.55. The molecule has 5 rings (SSSR count). The predicted octanol–water partition coefficient (Wildman–Crippen LogP) is 5.75. The van der Waals surface area contributed by atoms with E-state index < -0.39 is 5.97 Å². The fourth-order valence-electron chi connectivity index (χ4n) is 3.71. The highest BCUT2D eigenvalue weighted by atomic mass is 16.4. The number of para-hydroxylation sites is 2. The second-order valence-electron chi connectivity index (χ2n) is 6.66. The van der Waals surface area contributed by atoms with Crippen LogP contribution in [0.3, 0.4) is 0 Å². The third-order valence-corrected chi connectivity index (χ3v) is 4.97. The molecule has 0 bridgehead atoms. The number of aromatic carboxylic acids is 1. The molecule has 4 nitrogen and oxygen atoms in total. The van der Waals surface area contributed by atoms with Gasteiger partial charge in [-0.2, -0.15) is 0 Å². The summed E-state index contributed by atoms with van der Waals surface area (Å²) in [7, 11) is 0. The van der Waals surface area contributed by atoms with Crippen molar-refractivity contribution < 1.29 is 9.90 Å². The van der Waals surface area contributed by atoms with Gasteiger partial charge in [0.05, 0.1) is 22.5 Å². The zero-order chi connectivity index (χ0) is 19.1. The number of carbonyl (C=O) groups is 1. The number of nitrogens with one attached hydrogen (secondary N) is 1. The molecule has 2 aromatic heterocycles. The number of fused-ring (bicyclic) bond motifs is 2. The first kappa shape index (κ1) is 16.3. The first-order chi connectivity index (χ1) is 13.7. The first-order valence-electron chi connectivity index (χ1n) is 9.02. The van der Waals surface area contributed by atoms with Crippen molar-refractivity contribution in [3.05, 3.63) is 90.5 Å². The molecule has 0 spiro atoms. The van der Waals surface area contributed by atoms with Gasteiger partial charge in [-0.3, -0.25) is 0 Å². The molecular formula is C24H16N2O2. The molecule has 0 radical (unpaired) electrons. The van der Waals surface area contributed by atoms with Crippen LogP contribution in [-0.4, -0.2) is 21.0 Å². The van der Waals surface area contributed by atoms with Crippen molar-refractivity contribution in [2.45, 2.75) is 0 Å². The second kappa shape index (κ2) is 6.35. The van der Waals surface area contributed by atoms with E-state index in [-0.39, 0.29) is 5.56 Å². The molecule has 0 aliphatic carbocycles. The van der Waals surface area contributed by atoms with Crippen molar-refractivity contribution in [2.75, 3.05) is 0 Å². The highest BCUT2D eigenvalue weighted by molar-refractivity contribution is 6.08. The van der Waals surface area contributed by atoms with Gasteiger partial charge >= 0.3 is 5.97 Å². The Morgan fingerprint density at radius 3 is 2.29 bits per heavy atom. The van der Waals surface area contributed by atoms with Gasteiger partial charge in [-0.1, -0.05) is 66.7 Å². The van der Waals surface area contributed by atoms with Crippen LogP contribution < -0.4 is 0 Å². The lowest BCUT2D eigenvalue weighted by Crippen LogP contribution is -2.00. The van der Waals surface area contributed by atoms with Crippen molar-refractivity contribution in [1.82, 2.24) is 9.97 Å². The second-order valence-corrected chi connectivity index (χ2v) is 6.66. The molecule has 134 valence electrons. The maximum Gasteiger partial charge on any atom is 0.336 e. The number of hydrogen-bond acceptors (Lipinski definition) is 2. The minimum atomic E-state index is -0.957. The number of benzene rings is 3. The quantitative estimate of drug-likeness (QED) is 0.428. The van der Waals surface area contributed by atoms with Gasteiger partial charge in [-0.05, 0) is 23.8 Å². The Balaban J connectivity index is 1.88.